The predicted molar refractivity (Wildman–Crippen MR) is 34.3 cm³/mol. The Bertz CT molecular complexity index is 136. The maximum atomic E-state index is 11.4. The van der Waals surface area contributed by atoms with E-state index in [0.717, 1.165) is 0 Å². The number of ketones is 1. The van der Waals surface area contributed by atoms with Gasteiger partial charge in [-0.1, -0.05) is 0 Å². The van der Waals surface area contributed by atoms with Crippen molar-refractivity contribution in [1.29, 1.82) is 0 Å². The van der Waals surface area contributed by atoms with E-state index in [1.807, 2.05) is 0 Å². The summed E-state index contributed by atoms with van der Waals surface area (Å²) < 4.78 is 11.4. The normalized spacial score (nSPS) is 9.00. The van der Waals surface area contributed by atoms with Gasteiger partial charge in [-0.25, -0.2) is 4.39 Å². The van der Waals surface area contributed by atoms with E-state index in [4.69, 9.17) is 0 Å². The molecule has 1 N–H and O–H groups in total. The highest BCUT2D eigenvalue weighted by molar-refractivity contribution is 5.96. The molecule has 0 aliphatic rings. The molecule has 0 aliphatic heterocycles. The van der Waals surface area contributed by atoms with E-state index in [1.165, 1.54) is 6.92 Å². The molecule has 4 heteroatoms. The summed E-state index contributed by atoms with van der Waals surface area (Å²) in [6.07, 6.45) is -0.153. The summed E-state index contributed by atoms with van der Waals surface area (Å²) in [4.78, 5) is 20.8. The van der Waals surface area contributed by atoms with Crippen LogP contribution in [0.25, 0.3) is 0 Å². The molecule has 0 aromatic heterocycles. The number of hydrogen-bond acceptors (Lipinski definition) is 2. The van der Waals surface area contributed by atoms with Crippen LogP contribution in [0.4, 0.5) is 4.39 Å². The van der Waals surface area contributed by atoms with Gasteiger partial charge in [-0.3, -0.25) is 9.59 Å². The molecule has 0 atom stereocenters. The van der Waals surface area contributed by atoms with Crippen LogP contribution in [-0.2, 0) is 9.59 Å². The molecule has 1 amide bonds. The Kier molecular flexibility index (Phi) is 4.45. The second kappa shape index (κ2) is 4.90. The molecule has 0 unspecified atom stereocenters. The number of Topliss-reactive ketones (excluding diaryl/α,β-unsaturated/α-hetero) is 1. The van der Waals surface area contributed by atoms with Crippen molar-refractivity contribution in [1.82, 2.24) is 5.32 Å². The lowest BCUT2D eigenvalue weighted by Gasteiger charge is -1.97. The molecule has 0 aliphatic carbocycles. The number of halogens is 1. The van der Waals surface area contributed by atoms with E-state index in [9.17, 15) is 14.0 Å². The number of alkyl halides is 1. The third-order valence-electron chi connectivity index (χ3n) is 0.826. The van der Waals surface area contributed by atoms with Crippen molar-refractivity contribution >= 4 is 11.7 Å². The fourth-order valence-electron chi connectivity index (χ4n) is 0.475. The summed E-state index contributed by atoms with van der Waals surface area (Å²) >= 11 is 0. The summed E-state index contributed by atoms with van der Waals surface area (Å²) in [6.45, 7) is 0.713. The molecule has 0 fully saturated rings. The summed E-state index contributed by atoms with van der Waals surface area (Å²) in [5.41, 5.74) is 0. The zero-order valence-electron chi connectivity index (χ0n) is 5.82. The van der Waals surface area contributed by atoms with Crippen LogP contribution in [-0.4, -0.2) is 24.9 Å². The van der Waals surface area contributed by atoms with Crippen molar-refractivity contribution in [2.45, 2.75) is 13.3 Å². The Morgan fingerprint density at radius 3 is 2.50 bits per heavy atom. The number of nitrogens with one attached hydrogen (secondary N) is 1. The van der Waals surface area contributed by atoms with E-state index in [1.54, 1.807) is 0 Å². The molecule has 0 heterocycles. The van der Waals surface area contributed by atoms with Gasteiger partial charge in [0.2, 0.25) is 5.91 Å². The van der Waals surface area contributed by atoms with E-state index in [0.29, 0.717) is 0 Å². The second-order valence-corrected chi connectivity index (χ2v) is 1.92. The van der Waals surface area contributed by atoms with E-state index >= 15 is 0 Å². The zero-order chi connectivity index (χ0) is 7.98. The third kappa shape index (κ3) is 5.21. The molecule has 0 aromatic rings. The largest absolute Gasteiger partial charge is 0.353 e. The van der Waals surface area contributed by atoms with Gasteiger partial charge in [0.25, 0.3) is 0 Å². The maximum absolute atomic E-state index is 11.4. The molecule has 0 saturated carbocycles. The van der Waals surface area contributed by atoms with Gasteiger partial charge in [-0.15, -0.1) is 0 Å². The summed E-state index contributed by atoms with van der Waals surface area (Å²) in [5, 5.41) is 2.23. The van der Waals surface area contributed by atoms with E-state index < -0.39 is 12.6 Å². The summed E-state index contributed by atoms with van der Waals surface area (Å²) in [6, 6.07) is 0. The predicted octanol–water partition coefficient (Wildman–Crippen LogP) is 0.0512. The van der Waals surface area contributed by atoms with Gasteiger partial charge in [-0.2, -0.15) is 0 Å². The van der Waals surface area contributed by atoms with Crippen molar-refractivity contribution in [3.05, 3.63) is 0 Å². The highest BCUT2D eigenvalue weighted by atomic mass is 19.1. The highest BCUT2D eigenvalue weighted by Gasteiger charge is 2.02. The van der Waals surface area contributed by atoms with Crippen LogP contribution < -0.4 is 5.32 Å². The standard InChI is InChI=1S/C6H10FNO2/c1-5(9)4-6(10)8-3-2-7/h2-4H2,1H3,(H,8,10). The van der Waals surface area contributed by atoms with Crippen LogP contribution >= 0.6 is 0 Å². The van der Waals surface area contributed by atoms with E-state index in [2.05, 4.69) is 5.32 Å². The molecule has 0 bridgehead atoms. The van der Waals surface area contributed by atoms with Gasteiger partial charge in [0.05, 0.1) is 6.42 Å². The van der Waals surface area contributed by atoms with Crippen LogP contribution in [0.5, 0.6) is 0 Å². The molecular formula is C6H10FNO2. The Morgan fingerprint density at radius 1 is 1.50 bits per heavy atom. The number of carbonyl (C=O) groups excluding carboxylic acids is 2. The fourth-order valence-corrected chi connectivity index (χ4v) is 0.475. The quantitative estimate of drug-likeness (QED) is 0.571. The Balaban J connectivity index is 3.35. The second-order valence-electron chi connectivity index (χ2n) is 1.92. The number of amides is 1. The van der Waals surface area contributed by atoms with Gasteiger partial charge < -0.3 is 5.32 Å². The summed E-state index contributed by atoms with van der Waals surface area (Å²) in [5.74, 6) is -0.624. The molecule has 0 rings (SSSR count). The van der Waals surface area contributed by atoms with Gasteiger partial charge in [0.1, 0.15) is 12.5 Å². The van der Waals surface area contributed by atoms with Crippen LogP contribution in [0.3, 0.4) is 0 Å². The lowest BCUT2D eigenvalue weighted by atomic mass is 10.3. The monoisotopic (exact) mass is 147 g/mol. The van der Waals surface area contributed by atoms with Crippen molar-refractivity contribution in [2.75, 3.05) is 13.2 Å². The molecule has 0 radical (unpaired) electrons. The minimum absolute atomic E-state index is 0.00782. The minimum atomic E-state index is -0.594. The Labute approximate surface area is 58.6 Å². The first-order valence-electron chi connectivity index (χ1n) is 2.99. The first kappa shape index (κ1) is 9.07. The molecule has 3 nitrogen and oxygen atoms in total. The molecule has 0 aromatic carbocycles. The summed E-state index contributed by atoms with van der Waals surface area (Å²) in [7, 11) is 0. The smallest absolute Gasteiger partial charge is 0.227 e. The number of rotatable bonds is 4. The SMILES string of the molecule is CC(=O)CC(=O)NCCF. The van der Waals surface area contributed by atoms with Crippen LogP contribution in [0, 0.1) is 0 Å². The van der Waals surface area contributed by atoms with Gasteiger partial charge in [0, 0.05) is 6.54 Å². The fraction of sp³-hybridized carbons (Fsp3) is 0.667. The molecule has 0 saturated heterocycles. The van der Waals surface area contributed by atoms with Crippen LogP contribution in [0.15, 0.2) is 0 Å². The lowest BCUT2D eigenvalue weighted by Crippen LogP contribution is -2.26. The average molecular weight is 147 g/mol. The Morgan fingerprint density at radius 2 is 2.10 bits per heavy atom. The van der Waals surface area contributed by atoms with Gasteiger partial charge in [-0.05, 0) is 6.92 Å². The van der Waals surface area contributed by atoms with Crippen molar-refractivity contribution < 1.29 is 14.0 Å². The first-order valence-corrected chi connectivity index (χ1v) is 2.99. The van der Waals surface area contributed by atoms with Crippen molar-refractivity contribution in [3.63, 3.8) is 0 Å². The van der Waals surface area contributed by atoms with E-state index in [-0.39, 0.29) is 18.7 Å². The average Bonchev–Trinajstić information content (AvgIpc) is 1.82. The first-order chi connectivity index (χ1) is 4.66. The van der Waals surface area contributed by atoms with Crippen LogP contribution in [0.2, 0.25) is 0 Å². The molecule has 0 spiro atoms. The number of hydrogen-bond donors (Lipinski definition) is 1. The lowest BCUT2D eigenvalue weighted by molar-refractivity contribution is -0.127. The molecule has 58 valence electrons. The molecular weight excluding hydrogens is 137 g/mol. The van der Waals surface area contributed by atoms with Gasteiger partial charge >= 0.3 is 0 Å². The topological polar surface area (TPSA) is 46.2 Å². The third-order valence-corrected chi connectivity index (χ3v) is 0.826. The minimum Gasteiger partial charge on any atom is -0.353 e. The van der Waals surface area contributed by atoms with Crippen molar-refractivity contribution in [2.24, 2.45) is 0 Å². The maximum Gasteiger partial charge on any atom is 0.227 e. The number of carbonyl (C=O) groups is 2. The molecule has 10 heavy (non-hydrogen) atoms. The van der Waals surface area contributed by atoms with Crippen LogP contribution in [0.1, 0.15) is 13.3 Å². The Hall–Kier alpha value is -0.930. The zero-order valence-corrected chi connectivity index (χ0v) is 5.82. The van der Waals surface area contributed by atoms with Crippen molar-refractivity contribution in [3.8, 4) is 0 Å². The highest BCUT2D eigenvalue weighted by Crippen LogP contribution is 1.80. The van der Waals surface area contributed by atoms with Gasteiger partial charge in [0.15, 0.2) is 0 Å².